The molecule has 8 heteroatoms. The van der Waals surface area contributed by atoms with E-state index in [0.717, 1.165) is 50.2 Å². The first kappa shape index (κ1) is 23.2. The van der Waals surface area contributed by atoms with Gasteiger partial charge in [-0.1, -0.05) is 27.2 Å². The molecular weight excluding hydrogens is 424 g/mol. The molecule has 2 fully saturated rings. The third-order valence-electron chi connectivity index (χ3n) is 8.04. The number of urea groups is 1. The molecule has 0 aromatic carbocycles. The molecule has 32 heavy (non-hydrogen) atoms. The Bertz CT molecular complexity index is 872. The van der Waals surface area contributed by atoms with Crippen LogP contribution in [0.3, 0.4) is 0 Å². The molecule has 7 nitrogen and oxygen atoms in total. The molecule has 3 aliphatic rings. The van der Waals surface area contributed by atoms with Crippen LogP contribution in [0.1, 0.15) is 63.3 Å². The van der Waals surface area contributed by atoms with Crippen LogP contribution in [0.25, 0.3) is 0 Å². The molecule has 1 aromatic rings. The van der Waals surface area contributed by atoms with Gasteiger partial charge in [-0.3, -0.25) is 19.4 Å². The van der Waals surface area contributed by atoms with E-state index < -0.39 is 11.6 Å². The monoisotopic (exact) mass is 460 g/mol. The number of imide groups is 1. The van der Waals surface area contributed by atoms with Crippen LogP contribution in [0.5, 0.6) is 0 Å². The average Bonchev–Trinajstić information content (AvgIpc) is 3.32. The van der Waals surface area contributed by atoms with Crippen molar-refractivity contribution in [3.63, 3.8) is 0 Å². The van der Waals surface area contributed by atoms with Crippen molar-refractivity contribution in [2.24, 2.45) is 11.3 Å². The van der Waals surface area contributed by atoms with E-state index in [1.807, 2.05) is 11.3 Å². The highest BCUT2D eigenvalue weighted by Gasteiger charge is 2.53. The van der Waals surface area contributed by atoms with Crippen LogP contribution in [-0.2, 0) is 22.6 Å². The standard InChI is InChI=1S/C24H36N4O3S/c1-4-23(2,3)18-5-9-24(10-6-18)21(30)28(22(31)26-24)16-20(29)25-11-13-27-12-7-19-17(15-27)8-14-32-19/h8,14,18H,4-7,9-13,15-16H2,1-3H3,(H,25,29)(H,26,31). The molecule has 3 heterocycles. The minimum Gasteiger partial charge on any atom is -0.353 e. The van der Waals surface area contributed by atoms with Gasteiger partial charge in [-0.2, -0.15) is 0 Å². The zero-order valence-electron chi connectivity index (χ0n) is 19.5. The molecule has 1 saturated carbocycles. The Labute approximate surface area is 194 Å². The highest BCUT2D eigenvalue weighted by atomic mass is 32.1. The lowest BCUT2D eigenvalue weighted by molar-refractivity contribution is -0.136. The Morgan fingerprint density at radius 1 is 1.31 bits per heavy atom. The van der Waals surface area contributed by atoms with Gasteiger partial charge < -0.3 is 10.6 Å². The van der Waals surface area contributed by atoms with E-state index in [9.17, 15) is 14.4 Å². The number of hydrogen-bond acceptors (Lipinski definition) is 5. The van der Waals surface area contributed by atoms with Crippen molar-refractivity contribution in [3.8, 4) is 0 Å². The summed E-state index contributed by atoms with van der Waals surface area (Å²) in [5, 5.41) is 7.96. The molecule has 2 aliphatic heterocycles. The molecule has 1 spiro atoms. The summed E-state index contributed by atoms with van der Waals surface area (Å²) in [7, 11) is 0. The van der Waals surface area contributed by atoms with Crippen molar-refractivity contribution in [2.75, 3.05) is 26.2 Å². The van der Waals surface area contributed by atoms with Gasteiger partial charge in [0.05, 0.1) is 0 Å². The van der Waals surface area contributed by atoms with E-state index in [4.69, 9.17) is 0 Å². The first-order chi connectivity index (χ1) is 15.2. The zero-order valence-corrected chi connectivity index (χ0v) is 20.4. The van der Waals surface area contributed by atoms with E-state index in [-0.39, 0.29) is 23.8 Å². The quantitative estimate of drug-likeness (QED) is 0.613. The summed E-state index contributed by atoms with van der Waals surface area (Å²) in [5.41, 5.74) is 0.810. The lowest BCUT2D eigenvalue weighted by atomic mass is 9.65. The van der Waals surface area contributed by atoms with E-state index in [2.05, 4.69) is 47.8 Å². The van der Waals surface area contributed by atoms with Crippen LogP contribution in [0, 0.1) is 11.3 Å². The summed E-state index contributed by atoms with van der Waals surface area (Å²) in [6.45, 7) is 9.76. The summed E-state index contributed by atoms with van der Waals surface area (Å²) in [6.07, 6.45) is 5.32. The number of nitrogens with one attached hydrogen (secondary N) is 2. The maximum atomic E-state index is 13.1. The first-order valence-corrected chi connectivity index (χ1v) is 12.8. The molecular formula is C24H36N4O3S. The summed E-state index contributed by atoms with van der Waals surface area (Å²) in [4.78, 5) is 43.1. The smallest absolute Gasteiger partial charge is 0.325 e. The molecule has 4 amide bonds. The van der Waals surface area contributed by atoms with E-state index in [1.54, 1.807) is 0 Å². The number of nitrogens with zero attached hydrogens (tertiary/aromatic N) is 2. The van der Waals surface area contributed by atoms with Crippen molar-refractivity contribution in [3.05, 3.63) is 21.9 Å². The fourth-order valence-electron chi connectivity index (χ4n) is 5.39. The lowest BCUT2D eigenvalue weighted by Crippen LogP contribution is -2.51. The van der Waals surface area contributed by atoms with Crippen molar-refractivity contribution in [1.82, 2.24) is 20.4 Å². The maximum absolute atomic E-state index is 13.1. The molecule has 0 unspecified atom stereocenters. The van der Waals surface area contributed by atoms with Crippen LogP contribution in [0.4, 0.5) is 4.79 Å². The Hall–Kier alpha value is -1.93. The van der Waals surface area contributed by atoms with Gasteiger partial charge >= 0.3 is 6.03 Å². The molecule has 176 valence electrons. The third kappa shape index (κ3) is 4.57. The molecule has 1 aliphatic carbocycles. The second-order valence-electron chi connectivity index (χ2n) is 10.3. The van der Waals surface area contributed by atoms with Crippen LogP contribution in [-0.4, -0.2) is 59.4 Å². The minimum absolute atomic E-state index is 0.203. The third-order valence-corrected chi connectivity index (χ3v) is 9.06. The average molecular weight is 461 g/mol. The van der Waals surface area contributed by atoms with Gasteiger partial charge in [0.1, 0.15) is 12.1 Å². The first-order valence-electron chi connectivity index (χ1n) is 11.9. The number of carbonyl (C=O) groups is 3. The topological polar surface area (TPSA) is 81.8 Å². The molecule has 0 radical (unpaired) electrons. The fourth-order valence-corrected chi connectivity index (χ4v) is 6.28. The second-order valence-corrected chi connectivity index (χ2v) is 11.3. The normalized spacial score (nSPS) is 26.3. The predicted octanol–water partition coefficient (Wildman–Crippen LogP) is 3.14. The van der Waals surface area contributed by atoms with Crippen LogP contribution < -0.4 is 10.6 Å². The SMILES string of the molecule is CCC(C)(C)C1CCC2(CC1)NC(=O)N(CC(=O)NCCN1CCc3sccc3C1)C2=O. The Morgan fingerprint density at radius 2 is 2.06 bits per heavy atom. The molecule has 1 aromatic heterocycles. The molecule has 4 rings (SSSR count). The number of fused-ring (bicyclic) bond motifs is 1. The van der Waals surface area contributed by atoms with Gasteiger partial charge in [0, 0.05) is 31.1 Å². The van der Waals surface area contributed by atoms with Gasteiger partial charge in [0.15, 0.2) is 0 Å². The zero-order chi connectivity index (χ0) is 22.9. The van der Waals surface area contributed by atoms with Gasteiger partial charge in [-0.15, -0.1) is 11.3 Å². The largest absolute Gasteiger partial charge is 0.353 e. The van der Waals surface area contributed by atoms with E-state index >= 15 is 0 Å². The fraction of sp³-hybridized carbons (Fsp3) is 0.708. The Morgan fingerprint density at radius 3 is 2.78 bits per heavy atom. The highest BCUT2D eigenvalue weighted by Crippen LogP contribution is 2.45. The number of hydrogen-bond donors (Lipinski definition) is 2. The second kappa shape index (κ2) is 9.14. The Kier molecular flexibility index (Phi) is 6.63. The molecule has 0 atom stereocenters. The van der Waals surface area contributed by atoms with Gasteiger partial charge in [0.2, 0.25) is 5.91 Å². The van der Waals surface area contributed by atoms with Crippen LogP contribution >= 0.6 is 11.3 Å². The summed E-state index contributed by atoms with van der Waals surface area (Å²) in [5.74, 6) is 0.0473. The Balaban J connectivity index is 1.24. The van der Waals surface area contributed by atoms with E-state index in [0.29, 0.717) is 25.3 Å². The predicted molar refractivity (Wildman–Crippen MR) is 125 cm³/mol. The minimum atomic E-state index is -0.816. The van der Waals surface area contributed by atoms with Crippen molar-refractivity contribution in [2.45, 2.75) is 71.4 Å². The van der Waals surface area contributed by atoms with Gasteiger partial charge in [-0.05, 0) is 60.4 Å². The molecule has 0 bridgehead atoms. The maximum Gasteiger partial charge on any atom is 0.325 e. The number of rotatable bonds is 7. The summed E-state index contributed by atoms with van der Waals surface area (Å²) < 4.78 is 0. The number of thiophene rings is 1. The van der Waals surface area contributed by atoms with Crippen molar-refractivity contribution < 1.29 is 14.4 Å². The molecule has 2 N–H and O–H groups in total. The van der Waals surface area contributed by atoms with Crippen LogP contribution in [0.15, 0.2) is 11.4 Å². The van der Waals surface area contributed by atoms with Crippen LogP contribution in [0.2, 0.25) is 0 Å². The lowest BCUT2D eigenvalue weighted by Gasteiger charge is -2.42. The summed E-state index contributed by atoms with van der Waals surface area (Å²) >= 11 is 1.81. The van der Waals surface area contributed by atoms with Gasteiger partial charge in [0.25, 0.3) is 5.91 Å². The summed E-state index contributed by atoms with van der Waals surface area (Å²) in [6, 6.07) is 1.74. The highest BCUT2D eigenvalue weighted by molar-refractivity contribution is 7.10. The molecule has 1 saturated heterocycles. The number of carbonyl (C=O) groups excluding carboxylic acids is 3. The van der Waals surface area contributed by atoms with E-state index in [1.165, 1.54) is 10.4 Å². The van der Waals surface area contributed by atoms with Crippen molar-refractivity contribution in [1.29, 1.82) is 0 Å². The van der Waals surface area contributed by atoms with Gasteiger partial charge in [-0.25, -0.2) is 4.79 Å². The number of amides is 4. The van der Waals surface area contributed by atoms with Crippen molar-refractivity contribution >= 4 is 29.2 Å².